The van der Waals surface area contributed by atoms with Crippen molar-refractivity contribution in [1.29, 1.82) is 0 Å². The van der Waals surface area contributed by atoms with Gasteiger partial charge >= 0.3 is 5.97 Å². The number of aromatic nitrogens is 1. The molecular formula is C18H22N2O5. The van der Waals surface area contributed by atoms with Gasteiger partial charge in [-0.2, -0.15) is 0 Å². The first kappa shape index (κ1) is 17.4. The number of carbonyl (C=O) groups is 1. The summed E-state index contributed by atoms with van der Waals surface area (Å²) in [6, 6.07) is 7.47. The molecule has 0 aliphatic heterocycles. The highest BCUT2D eigenvalue weighted by atomic mass is 16.6. The fraction of sp³-hybridized carbons (Fsp3) is 0.500. The fourth-order valence-corrected chi connectivity index (χ4v) is 4.01. The topological polar surface area (TPSA) is 105 Å². The van der Waals surface area contributed by atoms with E-state index in [9.17, 15) is 20.0 Å². The molecule has 1 fully saturated rings. The molecule has 2 N–H and O–H groups in total. The van der Waals surface area contributed by atoms with Gasteiger partial charge in [-0.1, -0.05) is 31.0 Å². The largest absolute Gasteiger partial charge is 0.468 e. The number of ether oxygens (including phenoxy) is 1. The van der Waals surface area contributed by atoms with Crippen molar-refractivity contribution < 1.29 is 19.6 Å². The lowest BCUT2D eigenvalue weighted by Crippen LogP contribution is -2.50. The third kappa shape index (κ3) is 2.89. The van der Waals surface area contributed by atoms with Crippen LogP contribution in [0.3, 0.4) is 0 Å². The second-order valence-corrected chi connectivity index (χ2v) is 6.55. The van der Waals surface area contributed by atoms with Crippen molar-refractivity contribution in [3.05, 3.63) is 45.6 Å². The first-order valence-corrected chi connectivity index (χ1v) is 8.49. The van der Waals surface area contributed by atoms with Crippen molar-refractivity contribution in [1.82, 2.24) is 4.98 Å². The van der Waals surface area contributed by atoms with E-state index in [-0.39, 0.29) is 17.9 Å². The number of methoxy groups -OCH3 is 1. The van der Waals surface area contributed by atoms with Crippen LogP contribution in [-0.4, -0.2) is 40.7 Å². The Morgan fingerprint density at radius 2 is 2.20 bits per heavy atom. The number of esters is 1. The summed E-state index contributed by atoms with van der Waals surface area (Å²) >= 11 is 0. The van der Waals surface area contributed by atoms with Crippen LogP contribution in [0.25, 0.3) is 10.9 Å². The number of hydrogen-bond donors (Lipinski definition) is 2. The van der Waals surface area contributed by atoms with E-state index in [0.717, 1.165) is 29.3 Å². The third-order valence-electron chi connectivity index (χ3n) is 5.22. The van der Waals surface area contributed by atoms with Gasteiger partial charge in [0.2, 0.25) is 6.54 Å². The molecule has 1 saturated carbocycles. The zero-order chi connectivity index (χ0) is 18.0. The minimum atomic E-state index is -1.20. The summed E-state index contributed by atoms with van der Waals surface area (Å²) in [4.78, 5) is 26.5. The number of carbonyl (C=O) groups excluding carboxylic acids is 1. The van der Waals surface area contributed by atoms with E-state index in [1.54, 1.807) is 0 Å². The highest BCUT2D eigenvalue weighted by Gasteiger charge is 2.51. The molecule has 7 heteroatoms. The van der Waals surface area contributed by atoms with Gasteiger partial charge < -0.3 is 14.8 Å². The van der Waals surface area contributed by atoms with Crippen LogP contribution in [0.1, 0.15) is 36.9 Å². The van der Waals surface area contributed by atoms with Crippen LogP contribution >= 0.6 is 0 Å². The van der Waals surface area contributed by atoms with Gasteiger partial charge in [-0.05, 0) is 24.5 Å². The number of nitro groups is 1. The van der Waals surface area contributed by atoms with E-state index in [0.29, 0.717) is 18.5 Å². The second-order valence-electron chi connectivity index (χ2n) is 6.55. The lowest BCUT2D eigenvalue weighted by Gasteiger charge is -2.39. The summed E-state index contributed by atoms with van der Waals surface area (Å²) in [5.41, 5.74) is 0.892. The van der Waals surface area contributed by atoms with Crippen molar-refractivity contribution in [2.45, 2.75) is 43.6 Å². The predicted molar refractivity (Wildman–Crippen MR) is 92.0 cm³/mol. The first-order valence-electron chi connectivity index (χ1n) is 8.49. The highest BCUT2D eigenvalue weighted by molar-refractivity contribution is 5.91. The maximum atomic E-state index is 12.7. The molecule has 1 aliphatic carbocycles. The predicted octanol–water partition coefficient (Wildman–Crippen LogP) is 2.33. The Hall–Kier alpha value is -2.41. The molecule has 0 unspecified atom stereocenters. The zero-order valence-electron chi connectivity index (χ0n) is 14.2. The lowest BCUT2D eigenvalue weighted by molar-refractivity contribution is -0.479. The van der Waals surface area contributed by atoms with Gasteiger partial charge in [-0.3, -0.25) is 14.9 Å². The quantitative estimate of drug-likeness (QED) is 0.491. The Balaban J connectivity index is 2.21. The molecule has 0 bridgehead atoms. The Kier molecular flexibility index (Phi) is 4.76. The van der Waals surface area contributed by atoms with Crippen LogP contribution in [0, 0.1) is 10.1 Å². The van der Waals surface area contributed by atoms with Gasteiger partial charge in [0.05, 0.1) is 13.2 Å². The number of aliphatic hydroxyl groups excluding tert-OH is 1. The molecule has 0 radical (unpaired) electrons. The standard InChI is InChI=1S/C18H22N2O5/c1-25-17(22)18(10-5-4-8-15(18)21)16-13(9-11-20(23)24)12-6-2-3-7-14(12)19-16/h2-3,6-7,15,19,21H,4-5,8-11H2,1H3/t15-,18+/m0/s1. The SMILES string of the molecule is COC(=O)[C@]1(c2[nH]c3ccccc3c2CC[N+](=O)[O-])CCCC[C@@H]1O. The molecule has 1 aliphatic rings. The molecular weight excluding hydrogens is 324 g/mol. The van der Waals surface area contributed by atoms with Crippen molar-refractivity contribution >= 4 is 16.9 Å². The maximum absolute atomic E-state index is 12.7. The number of benzene rings is 1. The number of rotatable bonds is 5. The molecule has 1 aromatic heterocycles. The minimum absolute atomic E-state index is 0.192. The summed E-state index contributed by atoms with van der Waals surface area (Å²) in [6.45, 7) is -0.234. The first-order chi connectivity index (χ1) is 12.0. The van der Waals surface area contributed by atoms with Gasteiger partial charge in [0, 0.05) is 27.9 Å². The molecule has 7 nitrogen and oxygen atoms in total. The number of nitrogens with one attached hydrogen (secondary N) is 1. The van der Waals surface area contributed by atoms with Crippen molar-refractivity contribution in [2.75, 3.05) is 13.7 Å². The normalized spacial score (nSPS) is 23.5. The second kappa shape index (κ2) is 6.84. The van der Waals surface area contributed by atoms with Crippen LogP contribution in [0.4, 0.5) is 0 Å². The van der Waals surface area contributed by atoms with Crippen LogP contribution in [0.5, 0.6) is 0 Å². The van der Waals surface area contributed by atoms with Crippen LogP contribution < -0.4 is 0 Å². The maximum Gasteiger partial charge on any atom is 0.320 e. The molecule has 134 valence electrons. The Morgan fingerprint density at radius 3 is 2.88 bits per heavy atom. The van der Waals surface area contributed by atoms with Gasteiger partial charge in [-0.25, -0.2) is 0 Å². The molecule has 0 spiro atoms. The molecule has 25 heavy (non-hydrogen) atoms. The van der Waals surface area contributed by atoms with E-state index < -0.39 is 17.5 Å². The summed E-state index contributed by atoms with van der Waals surface area (Å²) in [5, 5.41) is 22.5. The van der Waals surface area contributed by atoms with Gasteiger partial charge in [0.25, 0.3) is 0 Å². The Labute approximate surface area is 145 Å². The lowest BCUT2D eigenvalue weighted by atomic mass is 9.68. The van der Waals surface area contributed by atoms with Gasteiger partial charge in [0.15, 0.2) is 0 Å². The van der Waals surface area contributed by atoms with E-state index >= 15 is 0 Å². The number of aromatic amines is 1. The fourth-order valence-electron chi connectivity index (χ4n) is 4.01. The highest BCUT2D eigenvalue weighted by Crippen LogP contribution is 2.43. The van der Waals surface area contributed by atoms with Crippen molar-refractivity contribution in [3.63, 3.8) is 0 Å². The monoisotopic (exact) mass is 346 g/mol. The number of nitrogens with zero attached hydrogens (tertiary/aromatic N) is 1. The van der Waals surface area contributed by atoms with Crippen molar-refractivity contribution in [3.8, 4) is 0 Å². The van der Waals surface area contributed by atoms with Crippen LogP contribution in [-0.2, 0) is 21.4 Å². The smallest absolute Gasteiger partial charge is 0.320 e. The molecule has 2 atom stereocenters. The van der Waals surface area contributed by atoms with E-state index in [1.165, 1.54) is 7.11 Å². The van der Waals surface area contributed by atoms with Crippen LogP contribution in [0.15, 0.2) is 24.3 Å². The number of fused-ring (bicyclic) bond motifs is 1. The van der Waals surface area contributed by atoms with E-state index in [4.69, 9.17) is 4.74 Å². The van der Waals surface area contributed by atoms with E-state index in [2.05, 4.69) is 4.98 Å². The van der Waals surface area contributed by atoms with Gasteiger partial charge in [0.1, 0.15) is 5.41 Å². The third-order valence-corrected chi connectivity index (χ3v) is 5.22. The molecule has 1 aromatic carbocycles. The average molecular weight is 346 g/mol. The van der Waals surface area contributed by atoms with E-state index in [1.807, 2.05) is 24.3 Å². The molecule has 2 aromatic rings. The summed E-state index contributed by atoms with van der Waals surface area (Å²) in [6.07, 6.45) is 1.90. The molecule has 0 saturated heterocycles. The number of aliphatic hydroxyl groups is 1. The Bertz CT molecular complexity index is 800. The summed E-state index contributed by atoms with van der Waals surface area (Å²) in [7, 11) is 1.31. The van der Waals surface area contributed by atoms with Gasteiger partial charge in [-0.15, -0.1) is 0 Å². The van der Waals surface area contributed by atoms with Crippen LogP contribution in [0.2, 0.25) is 0 Å². The summed E-state index contributed by atoms with van der Waals surface area (Å²) < 4.78 is 5.04. The minimum Gasteiger partial charge on any atom is -0.468 e. The molecule has 0 amide bonds. The Morgan fingerprint density at radius 1 is 1.44 bits per heavy atom. The number of hydrogen-bond acceptors (Lipinski definition) is 5. The number of H-pyrrole nitrogens is 1. The zero-order valence-corrected chi connectivity index (χ0v) is 14.2. The van der Waals surface area contributed by atoms with Crippen molar-refractivity contribution in [2.24, 2.45) is 0 Å². The molecule has 3 rings (SSSR count). The average Bonchev–Trinajstić information content (AvgIpc) is 2.98. The summed E-state index contributed by atoms with van der Waals surface area (Å²) in [5.74, 6) is -0.492. The number of para-hydroxylation sites is 1. The molecule has 1 heterocycles.